The maximum Gasteiger partial charge on any atom is 0.166 e. The maximum atomic E-state index is 5.36. The van der Waals surface area contributed by atoms with Crippen LogP contribution >= 0.6 is 11.8 Å². The first kappa shape index (κ1) is 13.0. The third kappa shape index (κ3) is 3.49. The Kier molecular flexibility index (Phi) is 4.37. The lowest BCUT2D eigenvalue weighted by molar-refractivity contribution is 0.185. The largest absolute Gasteiger partial charge is 0.381 e. The molecule has 1 atom stereocenters. The Morgan fingerprint density at radius 3 is 3.21 bits per heavy atom. The van der Waals surface area contributed by atoms with Gasteiger partial charge in [-0.2, -0.15) is 0 Å². The Morgan fingerprint density at radius 1 is 1.42 bits per heavy atom. The fourth-order valence-corrected chi connectivity index (χ4v) is 3.05. The van der Waals surface area contributed by atoms with Crippen molar-refractivity contribution >= 4 is 22.8 Å². The molecule has 1 fully saturated rings. The van der Waals surface area contributed by atoms with E-state index in [1.54, 1.807) is 11.8 Å². The zero-order valence-electron chi connectivity index (χ0n) is 10.9. The maximum absolute atomic E-state index is 5.36. The molecule has 3 rings (SSSR count). The summed E-state index contributed by atoms with van der Waals surface area (Å²) in [5.74, 6) is 1.74. The SMILES string of the molecule is c1ccc2[nH]c(SCCNCC3CCOC3)nc2c1. The summed E-state index contributed by atoms with van der Waals surface area (Å²) in [4.78, 5) is 7.88. The van der Waals surface area contributed by atoms with Gasteiger partial charge in [0, 0.05) is 25.4 Å². The zero-order chi connectivity index (χ0) is 12.9. The predicted molar refractivity (Wildman–Crippen MR) is 78.6 cm³/mol. The van der Waals surface area contributed by atoms with Crippen molar-refractivity contribution in [2.24, 2.45) is 5.92 Å². The number of benzene rings is 1. The molecule has 0 amide bonds. The van der Waals surface area contributed by atoms with E-state index in [0.29, 0.717) is 5.92 Å². The monoisotopic (exact) mass is 277 g/mol. The third-order valence-electron chi connectivity index (χ3n) is 3.34. The number of aromatic amines is 1. The predicted octanol–water partition coefficient (Wildman–Crippen LogP) is 2.28. The van der Waals surface area contributed by atoms with Gasteiger partial charge in [0.15, 0.2) is 5.16 Å². The molecule has 2 N–H and O–H groups in total. The molecule has 5 heteroatoms. The van der Waals surface area contributed by atoms with Gasteiger partial charge >= 0.3 is 0 Å². The van der Waals surface area contributed by atoms with Crippen LogP contribution in [-0.2, 0) is 4.74 Å². The zero-order valence-corrected chi connectivity index (χ0v) is 11.7. The van der Waals surface area contributed by atoms with Crippen molar-refractivity contribution in [2.45, 2.75) is 11.6 Å². The number of rotatable bonds is 6. The minimum absolute atomic E-state index is 0.705. The number of aromatic nitrogens is 2. The highest BCUT2D eigenvalue weighted by Crippen LogP contribution is 2.18. The summed E-state index contributed by atoms with van der Waals surface area (Å²) in [6.07, 6.45) is 1.20. The quantitative estimate of drug-likeness (QED) is 0.628. The van der Waals surface area contributed by atoms with Crippen LogP contribution in [0, 0.1) is 5.92 Å². The van der Waals surface area contributed by atoms with E-state index < -0.39 is 0 Å². The Hall–Kier alpha value is -1.04. The normalized spacial score (nSPS) is 19.3. The molecule has 0 aliphatic carbocycles. The molecule has 1 saturated heterocycles. The summed E-state index contributed by atoms with van der Waals surface area (Å²) >= 11 is 1.77. The van der Waals surface area contributed by atoms with Gasteiger partial charge in [-0.05, 0) is 24.5 Å². The van der Waals surface area contributed by atoms with Crippen molar-refractivity contribution in [2.75, 3.05) is 32.1 Å². The summed E-state index contributed by atoms with van der Waals surface area (Å²) in [5, 5.41) is 4.50. The van der Waals surface area contributed by atoms with Crippen LogP contribution < -0.4 is 5.32 Å². The van der Waals surface area contributed by atoms with E-state index in [1.807, 2.05) is 18.2 Å². The van der Waals surface area contributed by atoms with Gasteiger partial charge in [-0.1, -0.05) is 23.9 Å². The molecule has 1 aromatic heterocycles. The minimum atomic E-state index is 0.705. The summed E-state index contributed by atoms with van der Waals surface area (Å²) < 4.78 is 5.36. The highest BCUT2D eigenvalue weighted by atomic mass is 32.2. The molecule has 2 aromatic rings. The van der Waals surface area contributed by atoms with Crippen molar-refractivity contribution in [1.82, 2.24) is 15.3 Å². The highest BCUT2D eigenvalue weighted by molar-refractivity contribution is 7.99. The van der Waals surface area contributed by atoms with Gasteiger partial charge in [0.25, 0.3) is 0 Å². The first-order valence-corrected chi connectivity index (χ1v) is 7.76. The van der Waals surface area contributed by atoms with E-state index >= 15 is 0 Å². The second-order valence-electron chi connectivity index (χ2n) is 4.84. The van der Waals surface area contributed by atoms with Crippen LogP contribution in [0.25, 0.3) is 11.0 Å². The molecule has 0 saturated carbocycles. The second kappa shape index (κ2) is 6.41. The Morgan fingerprint density at radius 2 is 2.37 bits per heavy atom. The summed E-state index contributed by atoms with van der Waals surface area (Å²) in [5.41, 5.74) is 2.15. The smallest absolute Gasteiger partial charge is 0.166 e. The lowest BCUT2D eigenvalue weighted by Crippen LogP contribution is -2.25. The molecule has 19 heavy (non-hydrogen) atoms. The van der Waals surface area contributed by atoms with Gasteiger partial charge < -0.3 is 15.0 Å². The lowest BCUT2D eigenvalue weighted by Gasteiger charge is -2.08. The van der Waals surface area contributed by atoms with Crippen LogP contribution in [-0.4, -0.2) is 42.0 Å². The van der Waals surface area contributed by atoms with Gasteiger partial charge in [-0.25, -0.2) is 4.98 Å². The Labute approximate surface area is 117 Å². The molecule has 0 radical (unpaired) electrons. The highest BCUT2D eigenvalue weighted by Gasteiger charge is 2.14. The first-order valence-electron chi connectivity index (χ1n) is 6.78. The number of ether oxygens (including phenoxy) is 1. The second-order valence-corrected chi connectivity index (χ2v) is 5.92. The van der Waals surface area contributed by atoms with Crippen molar-refractivity contribution < 1.29 is 4.74 Å². The van der Waals surface area contributed by atoms with Gasteiger partial charge in [0.2, 0.25) is 0 Å². The average Bonchev–Trinajstić information content (AvgIpc) is 3.06. The van der Waals surface area contributed by atoms with E-state index in [4.69, 9.17) is 4.74 Å². The van der Waals surface area contributed by atoms with Crippen LogP contribution in [0.15, 0.2) is 29.4 Å². The van der Waals surface area contributed by atoms with Crippen molar-refractivity contribution in [3.8, 4) is 0 Å². The van der Waals surface area contributed by atoms with Crippen molar-refractivity contribution in [3.63, 3.8) is 0 Å². The topological polar surface area (TPSA) is 49.9 Å². The van der Waals surface area contributed by atoms with E-state index in [9.17, 15) is 0 Å². The third-order valence-corrected chi connectivity index (χ3v) is 4.22. The number of para-hydroxylation sites is 2. The fourth-order valence-electron chi connectivity index (χ4n) is 2.27. The van der Waals surface area contributed by atoms with Crippen molar-refractivity contribution in [1.29, 1.82) is 0 Å². The standard InChI is InChI=1S/C14H19N3OS/c1-2-4-13-12(3-1)16-14(17-13)19-8-6-15-9-11-5-7-18-10-11/h1-4,11,15H,5-10H2,(H,16,17). The molecule has 0 bridgehead atoms. The number of nitrogens with one attached hydrogen (secondary N) is 2. The summed E-state index contributed by atoms with van der Waals surface area (Å²) in [7, 11) is 0. The number of fused-ring (bicyclic) bond motifs is 1. The van der Waals surface area contributed by atoms with Gasteiger partial charge in [-0.15, -0.1) is 0 Å². The van der Waals surface area contributed by atoms with Crippen LogP contribution in [0.3, 0.4) is 0 Å². The number of H-pyrrole nitrogens is 1. The molecular weight excluding hydrogens is 258 g/mol. The van der Waals surface area contributed by atoms with Crippen LogP contribution in [0.1, 0.15) is 6.42 Å². The Bertz CT molecular complexity index is 489. The molecule has 1 unspecified atom stereocenters. The summed E-state index contributed by atoms with van der Waals surface area (Å²) in [6, 6.07) is 8.14. The molecular formula is C14H19N3OS. The van der Waals surface area contributed by atoms with E-state index in [2.05, 4.69) is 21.4 Å². The van der Waals surface area contributed by atoms with Crippen LogP contribution in [0.2, 0.25) is 0 Å². The van der Waals surface area contributed by atoms with Crippen LogP contribution in [0.5, 0.6) is 0 Å². The molecule has 0 spiro atoms. The van der Waals surface area contributed by atoms with Gasteiger partial charge in [0.05, 0.1) is 17.6 Å². The molecule has 2 heterocycles. The number of hydrogen-bond acceptors (Lipinski definition) is 4. The summed E-state index contributed by atoms with van der Waals surface area (Å²) in [6.45, 7) is 3.93. The van der Waals surface area contributed by atoms with Gasteiger partial charge in [-0.3, -0.25) is 0 Å². The molecule has 1 aromatic carbocycles. The van der Waals surface area contributed by atoms with Crippen LogP contribution in [0.4, 0.5) is 0 Å². The molecule has 4 nitrogen and oxygen atoms in total. The Balaban J connectivity index is 1.39. The number of thioether (sulfide) groups is 1. The van der Waals surface area contributed by atoms with E-state index in [0.717, 1.165) is 48.2 Å². The number of nitrogens with zero attached hydrogens (tertiary/aromatic N) is 1. The molecule has 102 valence electrons. The average molecular weight is 277 g/mol. The minimum Gasteiger partial charge on any atom is -0.381 e. The number of hydrogen-bond donors (Lipinski definition) is 2. The first-order chi connectivity index (χ1) is 9.42. The number of imidazole rings is 1. The lowest BCUT2D eigenvalue weighted by atomic mass is 10.1. The van der Waals surface area contributed by atoms with E-state index in [1.165, 1.54) is 6.42 Å². The fraction of sp³-hybridized carbons (Fsp3) is 0.500. The molecule has 1 aliphatic rings. The van der Waals surface area contributed by atoms with Gasteiger partial charge in [0.1, 0.15) is 0 Å². The van der Waals surface area contributed by atoms with E-state index in [-0.39, 0.29) is 0 Å². The molecule has 1 aliphatic heterocycles. The van der Waals surface area contributed by atoms with Crippen molar-refractivity contribution in [3.05, 3.63) is 24.3 Å².